The van der Waals surface area contributed by atoms with Crippen molar-refractivity contribution in [1.82, 2.24) is 10.3 Å². The Kier molecular flexibility index (Phi) is 5.84. The van der Waals surface area contributed by atoms with Crippen LogP contribution in [-0.4, -0.2) is 31.0 Å². The van der Waals surface area contributed by atoms with Gasteiger partial charge in [0.25, 0.3) is 5.91 Å². The van der Waals surface area contributed by atoms with Crippen LogP contribution in [0.15, 0.2) is 49.2 Å². The zero-order valence-electron chi connectivity index (χ0n) is 14.0. The lowest BCUT2D eigenvalue weighted by atomic mass is 10.2. The second-order valence-electron chi connectivity index (χ2n) is 5.10. The quantitative estimate of drug-likeness (QED) is 0.817. The monoisotopic (exact) mass is 343 g/mol. The van der Waals surface area contributed by atoms with E-state index < -0.39 is 5.82 Å². The molecule has 2 aromatic rings. The predicted molar refractivity (Wildman–Crippen MR) is 92.0 cm³/mol. The minimum absolute atomic E-state index is 0.0681. The molecule has 0 atom stereocenters. The van der Waals surface area contributed by atoms with Crippen LogP contribution in [0.5, 0.6) is 5.75 Å². The van der Waals surface area contributed by atoms with Crippen molar-refractivity contribution in [3.63, 3.8) is 0 Å². The van der Waals surface area contributed by atoms with Crippen molar-refractivity contribution in [2.45, 2.75) is 6.54 Å². The number of aromatic nitrogens is 1. The Balaban J connectivity index is 2.04. The van der Waals surface area contributed by atoms with Gasteiger partial charge in [-0.2, -0.15) is 0 Å². The number of hydrogen-bond acceptors (Lipinski definition) is 4. The Morgan fingerprint density at radius 2 is 2.00 bits per heavy atom. The number of ether oxygens (including phenoxy) is 1. The number of amides is 2. The molecule has 0 bridgehead atoms. The average molecular weight is 343 g/mol. The van der Waals surface area contributed by atoms with Crippen LogP contribution in [-0.2, 0) is 11.3 Å². The minimum atomic E-state index is -0.606. The number of rotatable bonds is 6. The van der Waals surface area contributed by atoms with Crippen molar-refractivity contribution in [2.75, 3.05) is 19.1 Å². The average Bonchev–Trinajstić information content (AvgIpc) is 2.65. The summed E-state index contributed by atoms with van der Waals surface area (Å²) in [6, 6.07) is 7.83. The Morgan fingerprint density at radius 3 is 2.60 bits per heavy atom. The first-order valence-electron chi connectivity index (χ1n) is 7.43. The topological polar surface area (TPSA) is 71.5 Å². The molecule has 0 aliphatic heterocycles. The smallest absolute Gasteiger partial charge is 0.251 e. The molecule has 7 heteroatoms. The van der Waals surface area contributed by atoms with E-state index in [0.717, 1.165) is 0 Å². The van der Waals surface area contributed by atoms with E-state index in [-0.39, 0.29) is 29.8 Å². The molecule has 0 saturated carbocycles. The van der Waals surface area contributed by atoms with Gasteiger partial charge in [0.05, 0.1) is 19.3 Å². The van der Waals surface area contributed by atoms with E-state index in [1.165, 1.54) is 30.3 Å². The van der Waals surface area contributed by atoms with Gasteiger partial charge < -0.3 is 15.0 Å². The molecule has 0 spiro atoms. The second kappa shape index (κ2) is 8.05. The van der Waals surface area contributed by atoms with E-state index >= 15 is 0 Å². The molecular formula is C18H18FN3O3. The van der Waals surface area contributed by atoms with E-state index in [9.17, 15) is 14.0 Å². The minimum Gasteiger partial charge on any atom is -0.494 e. The molecule has 2 rings (SSSR count). The molecule has 1 aromatic carbocycles. The lowest BCUT2D eigenvalue weighted by Gasteiger charge is -2.15. The number of nitrogens with zero attached hydrogens (tertiary/aromatic N) is 2. The summed E-state index contributed by atoms with van der Waals surface area (Å²) >= 11 is 0. The SMILES string of the molecule is C=CC(=O)N(C)c1ccc(C(=O)NCc2nccc(OC)c2F)cc1. The van der Waals surface area contributed by atoms with Gasteiger partial charge in [0.2, 0.25) is 5.91 Å². The summed E-state index contributed by atoms with van der Waals surface area (Å²) in [5.74, 6) is -1.17. The van der Waals surface area contributed by atoms with Crippen molar-refractivity contribution >= 4 is 17.5 Å². The van der Waals surface area contributed by atoms with E-state index in [1.807, 2.05) is 0 Å². The molecule has 6 nitrogen and oxygen atoms in total. The second-order valence-corrected chi connectivity index (χ2v) is 5.10. The van der Waals surface area contributed by atoms with Crippen molar-refractivity contribution in [3.8, 4) is 5.75 Å². The number of carbonyl (C=O) groups is 2. The van der Waals surface area contributed by atoms with Gasteiger partial charge in [-0.15, -0.1) is 0 Å². The molecule has 0 unspecified atom stereocenters. The number of likely N-dealkylation sites (N-methyl/N-ethyl adjacent to an activating group) is 1. The summed E-state index contributed by atoms with van der Waals surface area (Å²) in [6.45, 7) is 3.35. The maximum absolute atomic E-state index is 14.0. The van der Waals surface area contributed by atoms with Crippen molar-refractivity contribution in [3.05, 3.63) is 66.3 Å². The first-order valence-corrected chi connectivity index (χ1v) is 7.43. The Morgan fingerprint density at radius 1 is 1.32 bits per heavy atom. The van der Waals surface area contributed by atoms with Crippen LogP contribution in [0.25, 0.3) is 0 Å². The van der Waals surface area contributed by atoms with E-state index in [1.54, 1.807) is 31.3 Å². The Labute approximate surface area is 144 Å². The third kappa shape index (κ3) is 4.20. The number of carbonyl (C=O) groups excluding carboxylic acids is 2. The number of anilines is 1. The standard InChI is InChI=1S/C18H18FN3O3/c1-4-16(23)22(2)13-7-5-12(6-8-13)18(24)21-11-14-17(19)15(25-3)9-10-20-14/h4-10H,1,11H2,2-3H3,(H,21,24). The maximum Gasteiger partial charge on any atom is 0.251 e. The number of methoxy groups -OCH3 is 1. The summed E-state index contributed by atoms with van der Waals surface area (Å²) in [6.07, 6.45) is 2.61. The van der Waals surface area contributed by atoms with Gasteiger partial charge in [0.1, 0.15) is 0 Å². The first-order chi connectivity index (χ1) is 12.0. The summed E-state index contributed by atoms with van der Waals surface area (Å²) in [4.78, 5) is 29.0. The highest BCUT2D eigenvalue weighted by Crippen LogP contribution is 2.18. The summed E-state index contributed by atoms with van der Waals surface area (Å²) in [7, 11) is 2.97. The van der Waals surface area contributed by atoms with Gasteiger partial charge in [-0.3, -0.25) is 14.6 Å². The zero-order chi connectivity index (χ0) is 18.4. The highest BCUT2D eigenvalue weighted by atomic mass is 19.1. The molecule has 0 radical (unpaired) electrons. The molecule has 0 aliphatic carbocycles. The van der Waals surface area contributed by atoms with Crippen LogP contribution < -0.4 is 15.0 Å². The van der Waals surface area contributed by atoms with Gasteiger partial charge >= 0.3 is 0 Å². The van der Waals surface area contributed by atoms with Crippen molar-refractivity contribution < 1.29 is 18.7 Å². The summed E-state index contributed by atoms with van der Waals surface area (Å²) in [5.41, 5.74) is 1.09. The van der Waals surface area contributed by atoms with Crippen molar-refractivity contribution in [1.29, 1.82) is 0 Å². The van der Waals surface area contributed by atoms with Gasteiger partial charge in [0, 0.05) is 30.6 Å². The number of halogens is 1. The molecule has 1 N–H and O–H groups in total. The molecule has 1 heterocycles. The summed E-state index contributed by atoms with van der Waals surface area (Å²) in [5, 5.41) is 2.60. The first kappa shape index (κ1) is 18.1. The fourth-order valence-electron chi connectivity index (χ4n) is 2.11. The summed E-state index contributed by atoms with van der Waals surface area (Å²) < 4.78 is 18.9. The maximum atomic E-state index is 14.0. The predicted octanol–water partition coefficient (Wildman–Crippen LogP) is 2.31. The fraction of sp³-hybridized carbons (Fsp3) is 0.167. The van der Waals surface area contributed by atoms with Crippen LogP contribution in [0, 0.1) is 5.82 Å². The fourth-order valence-corrected chi connectivity index (χ4v) is 2.11. The molecule has 0 aliphatic rings. The lowest BCUT2D eigenvalue weighted by molar-refractivity contribution is -0.113. The molecule has 0 fully saturated rings. The van der Waals surface area contributed by atoms with Crippen LogP contribution >= 0.6 is 0 Å². The van der Waals surface area contributed by atoms with Crippen LogP contribution in [0.2, 0.25) is 0 Å². The van der Waals surface area contributed by atoms with Gasteiger partial charge in [-0.25, -0.2) is 4.39 Å². The molecular weight excluding hydrogens is 325 g/mol. The normalized spacial score (nSPS) is 10.0. The van der Waals surface area contributed by atoms with Crippen LogP contribution in [0.4, 0.5) is 10.1 Å². The third-order valence-corrected chi connectivity index (χ3v) is 3.58. The number of hydrogen-bond donors (Lipinski definition) is 1. The van der Waals surface area contributed by atoms with E-state index in [2.05, 4.69) is 16.9 Å². The number of benzene rings is 1. The number of nitrogens with one attached hydrogen (secondary N) is 1. The van der Waals surface area contributed by atoms with Gasteiger partial charge in [0.15, 0.2) is 11.6 Å². The van der Waals surface area contributed by atoms with Crippen LogP contribution in [0.1, 0.15) is 16.1 Å². The number of pyridine rings is 1. The Bertz CT molecular complexity index is 791. The Hall–Kier alpha value is -3.22. The van der Waals surface area contributed by atoms with E-state index in [0.29, 0.717) is 11.3 Å². The molecule has 130 valence electrons. The van der Waals surface area contributed by atoms with Gasteiger partial charge in [-0.05, 0) is 30.3 Å². The molecule has 25 heavy (non-hydrogen) atoms. The molecule has 2 amide bonds. The largest absolute Gasteiger partial charge is 0.494 e. The third-order valence-electron chi connectivity index (χ3n) is 3.58. The highest BCUT2D eigenvalue weighted by Gasteiger charge is 2.13. The molecule has 0 saturated heterocycles. The van der Waals surface area contributed by atoms with Crippen LogP contribution in [0.3, 0.4) is 0 Å². The van der Waals surface area contributed by atoms with Gasteiger partial charge in [-0.1, -0.05) is 6.58 Å². The van der Waals surface area contributed by atoms with Crippen molar-refractivity contribution in [2.24, 2.45) is 0 Å². The lowest BCUT2D eigenvalue weighted by Crippen LogP contribution is -2.25. The highest BCUT2D eigenvalue weighted by molar-refractivity contribution is 6.01. The zero-order valence-corrected chi connectivity index (χ0v) is 14.0. The van der Waals surface area contributed by atoms with E-state index in [4.69, 9.17) is 4.74 Å². The molecule has 1 aromatic heterocycles.